The molecule has 8 nitrogen and oxygen atoms in total. The van der Waals surface area contributed by atoms with Gasteiger partial charge in [-0.1, -0.05) is 0 Å². The van der Waals surface area contributed by atoms with Crippen LogP contribution in [0, 0.1) is 5.82 Å². The Morgan fingerprint density at radius 3 is 2.75 bits per heavy atom. The van der Waals surface area contributed by atoms with Crippen molar-refractivity contribution in [3.63, 3.8) is 0 Å². The molecule has 152 valence electrons. The number of anilines is 2. The quantitative estimate of drug-likeness (QED) is 0.802. The normalized spacial score (nSPS) is 26.0. The molecule has 2 atom stereocenters. The van der Waals surface area contributed by atoms with Crippen molar-refractivity contribution in [3.8, 4) is 0 Å². The van der Waals surface area contributed by atoms with Gasteiger partial charge in [0.2, 0.25) is 5.91 Å². The smallest absolute Gasteiger partial charge is 0.414 e. The van der Waals surface area contributed by atoms with Gasteiger partial charge in [-0.15, -0.1) is 0 Å². The lowest BCUT2D eigenvalue weighted by atomic mass is 10.2. The maximum atomic E-state index is 14.7. The number of amides is 2. The summed E-state index contributed by atoms with van der Waals surface area (Å²) in [6.45, 7) is 3.95. The third-order valence-electron chi connectivity index (χ3n) is 5.60. The molecule has 9 heteroatoms. The standard InChI is InChI=1S/C19H25FN4O4/c20-15-10-13(3-4-16(15)22-6-8-27-9-7-22)24-12-14(28-19(24)26)11-23-5-1-2-17(23)18(21)25/h3-4,10,14,17H,1-2,5-9,11-12H2,(H2,21,25). The van der Waals surface area contributed by atoms with E-state index in [4.69, 9.17) is 15.2 Å². The minimum Gasteiger partial charge on any atom is -0.443 e. The van der Waals surface area contributed by atoms with Gasteiger partial charge < -0.3 is 20.1 Å². The highest BCUT2D eigenvalue weighted by Gasteiger charge is 2.37. The number of hydrogen-bond donors (Lipinski definition) is 1. The highest BCUT2D eigenvalue weighted by atomic mass is 19.1. The molecule has 2 unspecified atom stereocenters. The number of rotatable bonds is 5. The lowest BCUT2D eigenvalue weighted by Gasteiger charge is -2.29. The highest BCUT2D eigenvalue weighted by molar-refractivity contribution is 5.90. The Hall–Kier alpha value is -2.39. The van der Waals surface area contributed by atoms with Gasteiger partial charge in [-0.2, -0.15) is 0 Å². The highest BCUT2D eigenvalue weighted by Crippen LogP contribution is 2.29. The molecule has 0 radical (unpaired) electrons. The summed E-state index contributed by atoms with van der Waals surface area (Å²) in [7, 11) is 0. The van der Waals surface area contributed by atoms with Crippen molar-refractivity contribution in [1.29, 1.82) is 0 Å². The first-order valence-electron chi connectivity index (χ1n) is 9.66. The van der Waals surface area contributed by atoms with Gasteiger partial charge in [-0.05, 0) is 37.6 Å². The zero-order chi connectivity index (χ0) is 19.7. The number of nitrogens with zero attached hydrogens (tertiary/aromatic N) is 3. The van der Waals surface area contributed by atoms with Gasteiger partial charge in [0.1, 0.15) is 11.9 Å². The van der Waals surface area contributed by atoms with Gasteiger partial charge in [0.15, 0.2) is 0 Å². The second-order valence-electron chi connectivity index (χ2n) is 7.41. The molecule has 0 spiro atoms. The Balaban J connectivity index is 1.42. The molecule has 1 aromatic carbocycles. The number of nitrogens with two attached hydrogens (primary N) is 1. The number of morpholine rings is 1. The minimum absolute atomic E-state index is 0.307. The van der Waals surface area contributed by atoms with Crippen molar-refractivity contribution >= 4 is 23.4 Å². The summed E-state index contributed by atoms with van der Waals surface area (Å²) in [6, 6.07) is 4.49. The van der Waals surface area contributed by atoms with Crippen molar-refractivity contribution in [2.45, 2.75) is 25.0 Å². The summed E-state index contributed by atoms with van der Waals surface area (Å²) in [5.74, 6) is -0.719. The van der Waals surface area contributed by atoms with Crippen LogP contribution in [0.1, 0.15) is 12.8 Å². The van der Waals surface area contributed by atoms with Crippen LogP contribution < -0.4 is 15.5 Å². The van der Waals surface area contributed by atoms with Crippen LogP contribution in [0.25, 0.3) is 0 Å². The van der Waals surface area contributed by atoms with E-state index in [9.17, 15) is 14.0 Å². The first-order valence-corrected chi connectivity index (χ1v) is 9.66. The van der Waals surface area contributed by atoms with Crippen LogP contribution in [-0.4, -0.2) is 75.0 Å². The number of ether oxygens (including phenoxy) is 2. The molecule has 3 aliphatic heterocycles. The Morgan fingerprint density at radius 1 is 1.25 bits per heavy atom. The molecule has 0 bridgehead atoms. The fraction of sp³-hybridized carbons (Fsp3) is 0.579. The number of hydrogen-bond acceptors (Lipinski definition) is 6. The van der Waals surface area contributed by atoms with Crippen molar-refractivity contribution in [2.24, 2.45) is 5.73 Å². The van der Waals surface area contributed by atoms with Crippen LogP contribution in [0.3, 0.4) is 0 Å². The Morgan fingerprint density at radius 2 is 2.04 bits per heavy atom. The zero-order valence-corrected chi connectivity index (χ0v) is 15.7. The first-order chi connectivity index (χ1) is 13.5. The maximum Gasteiger partial charge on any atom is 0.414 e. The van der Waals surface area contributed by atoms with Crippen LogP contribution in [0.4, 0.5) is 20.6 Å². The molecule has 3 aliphatic rings. The van der Waals surface area contributed by atoms with E-state index in [-0.39, 0.29) is 23.9 Å². The third-order valence-corrected chi connectivity index (χ3v) is 5.60. The molecule has 4 rings (SSSR count). The molecule has 1 aromatic rings. The lowest BCUT2D eigenvalue weighted by Crippen LogP contribution is -2.44. The lowest BCUT2D eigenvalue weighted by molar-refractivity contribution is -0.122. The van der Waals surface area contributed by atoms with Crippen molar-refractivity contribution in [3.05, 3.63) is 24.0 Å². The second-order valence-corrected chi connectivity index (χ2v) is 7.41. The van der Waals surface area contributed by atoms with E-state index in [1.54, 1.807) is 12.1 Å². The number of cyclic esters (lactones) is 1. The van der Waals surface area contributed by atoms with Gasteiger partial charge >= 0.3 is 6.09 Å². The van der Waals surface area contributed by atoms with E-state index in [1.807, 2.05) is 9.80 Å². The number of halogens is 1. The SMILES string of the molecule is NC(=O)C1CCCN1CC1CN(c2ccc(N3CCOCC3)c(F)c2)C(=O)O1. The molecular weight excluding hydrogens is 367 g/mol. The van der Waals surface area contributed by atoms with E-state index in [2.05, 4.69) is 0 Å². The van der Waals surface area contributed by atoms with Crippen LogP contribution >= 0.6 is 0 Å². The minimum atomic E-state index is -0.502. The molecule has 0 aliphatic carbocycles. The van der Waals surface area contributed by atoms with Gasteiger partial charge in [0, 0.05) is 19.6 Å². The van der Waals surface area contributed by atoms with Crippen molar-refractivity contribution in [1.82, 2.24) is 4.90 Å². The predicted molar refractivity (Wildman–Crippen MR) is 101 cm³/mol. The average Bonchev–Trinajstić information content (AvgIpc) is 3.29. The summed E-state index contributed by atoms with van der Waals surface area (Å²) >= 11 is 0. The van der Waals surface area contributed by atoms with E-state index >= 15 is 0 Å². The van der Waals surface area contributed by atoms with Gasteiger partial charge in [0.05, 0.1) is 37.2 Å². The molecule has 2 N–H and O–H groups in total. The summed E-state index contributed by atoms with van der Waals surface area (Å²) in [4.78, 5) is 29.2. The molecule has 3 fully saturated rings. The van der Waals surface area contributed by atoms with E-state index in [0.29, 0.717) is 50.8 Å². The molecule has 0 aromatic heterocycles. The largest absolute Gasteiger partial charge is 0.443 e. The maximum absolute atomic E-state index is 14.7. The molecular formula is C19H25FN4O4. The van der Waals surface area contributed by atoms with Crippen LogP contribution in [0.5, 0.6) is 0 Å². The molecule has 0 saturated carbocycles. The van der Waals surface area contributed by atoms with Crippen LogP contribution in [0.15, 0.2) is 18.2 Å². The van der Waals surface area contributed by atoms with Gasteiger partial charge in [0.25, 0.3) is 0 Å². The summed E-state index contributed by atoms with van der Waals surface area (Å²) < 4.78 is 25.4. The Bertz CT molecular complexity index is 755. The second kappa shape index (κ2) is 7.92. The number of likely N-dealkylation sites (tertiary alicyclic amines) is 1. The Kier molecular flexibility index (Phi) is 5.36. The monoisotopic (exact) mass is 392 g/mol. The molecule has 28 heavy (non-hydrogen) atoms. The van der Waals surface area contributed by atoms with E-state index in [1.165, 1.54) is 11.0 Å². The number of carbonyl (C=O) groups is 2. The van der Waals surface area contributed by atoms with Gasteiger partial charge in [-0.3, -0.25) is 14.6 Å². The van der Waals surface area contributed by atoms with E-state index < -0.39 is 6.09 Å². The first kappa shape index (κ1) is 18.9. The number of primary amides is 1. The zero-order valence-electron chi connectivity index (χ0n) is 15.7. The van der Waals surface area contributed by atoms with Crippen LogP contribution in [-0.2, 0) is 14.3 Å². The third kappa shape index (κ3) is 3.77. The van der Waals surface area contributed by atoms with Crippen LogP contribution in [0.2, 0.25) is 0 Å². The van der Waals surface area contributed by atoms with Gasteiger partial charge in [-0.25, -0.2) is 9.18 Å². The topological polar surface area (TPSA) is 88.3 Å². The summed E-state index contributed by atoms with van der Waals surface area (Å²) in [5, 5.41) is 0. The average molecular weight is 392 g/mol. The fourth-order valence-corrected chi connectivity index (χ4v) is 4.18. The summed E-state index contributed by atoms with van der Waals surface area (Å²) in [5.41, 5.74) is 6.43. The molecule has 3 heterocycles. The molecule has 3 saturated heterocycles. The number of carbonyl (C=O) groups excluding carboxylic acids is 2. The predicted octanol–water partition coefficient (Wildman–Crippen LogP) is 0.937. The fourth-order valence-electron chi connectivity index (χ4n) is 4.18. The number of benzene rings is 1. The Labute approximate surface area is 162 Å². The van der Waals surface area contributed by atoms with Crippen molar-refractivity contribution < 1.29 is 23.5 Å². The molecule has 2 amide bonds. The van der Waals surface area contributed by atoms with Crippen molar-refractivity contribution in [2.75, 3.05) is 55.7 Å². The summed E-state index contributed by atoms with van der Waals surface area (Å²) in [6.07, 6.45) is 0.743. The van der Waals surface area contributed by atoms with E-state index in [0.717, 1.165) is 19.4 Å².